The highest BCUT2D eigenvalue weighted by Gasteiger charge is 2.48. The fourth-order valence-corrected chi connectivity index (χ4v) is 3.80. The second-order valence-corrected chi connectivity index (χ2v) is 7.81. The number of hydrogen-bond donors (Lipinski definition) is 4. The number of nitrogens with zero attached hydrogens (tertiary/aromatic N) is 7. The van der Waals surface area contributed by atoms with E-state index < -0.39 is 36.4 Å². The number of carboxylic acid groups (broad SMARTS) is 1. The summed E-state index contributed by atoms with van der Waals surface area (Å²) in [5.74, 6) is -1.32. The number of rotatable bonds is 9. The molecule has 1 fully saturated rings. The molecule has 15 nitrogen and oxygen atoms in total. The number of carbonyl (C=O) groups is 2. The van der Waals surface area contributed by atoms with E-state index in [-0.39, 0.29) is 18.8 Å². The Labute approximate surface area is 201 Å². The quantitative estimate of drug-likeness (QED) is 0.184. The Balaban J connectivity index is 1.60. The molecule has 1 aromatic carbocycles. The first-order valence-electron chi connectivity index (χ1n) is 10.0. The first kappa shape index (κ1) is 24.0. The molecule has 3 heterocycles. The highest BCUT2D eigenvalue weighted by molar-refractivity contribution is 6.30. The molecular formula is C19H18ClN9O6. The molecule has 1 amide bonds. The lowest BCUT2D eigenvalue weighted by atomic mass is 10.1. The van der Waals surface area contributed by atoms with E-state index in [2.05, 4.69) is 30.3 Å². The number of amides is 1. The monoisotopic (exact) mass is 503 g/mol. The predicted molar refractivity (Wildman–Crippen MR) is 119 cm³/mol. The molecule has 2 aromatic heterocycles. The van der Waals surface area contributed by atoms with E-state index in [0.717, 1.165) is 0 Å². The number of halogens is 1. The van der Waals surface area contributed by atoms with Gasteiger partial charge in [0.05, 0.1) is 6.33 Å². The van der Waals surface area contributed by atoms with Gasteiger partial charge in [0, 0.05) is 22.0 Å². The van der Waals surface area contributed by atoms with E-state index in [9.17, 15) is 19.8 Å². The van der Waals surface area contributed by atoms with Gasteiger partial charge in [-0.05, 0) is 23.7 Å². The van der Waals surface area contributed by atoms with Crippen LogP contribution in [-0.4, -0.2) is 66.5 Å². The van der Waals surface area contributed by atoms with E-state index in [0.29, 0.717) is 27.7 Å². The van der Waals surface area contributed by atoms with Crippen LogP contribution in [0.4, 0.5) is 5.82 Å². The summed E-state index contributed by atoms with van der Waals surface area (Å²) in [4.78, 5) is 37.8. The van der Waals surface area contributed by atoms with Gasteiger partial charge >= 0.3 is 5.97 Å². The molecule has 4 unspecified atom stereocenters. The maximum absolute atomic E-state index is 11.5. The standard InChI is InChI=1S/C19H18ClN9O6/c20-9-1-2-10(34-5-11(21)30)8(3-9)4-23-16-13-17(25-6-24-16)29(7-26-13)18-14(31)12(27-28-22)15(35-18)19(32)33/h1-3,6-7,12,14-15,18,31H,4-5H2,(H2,21,30)(H,32,33)(H,23,24,25). The van der Waals surface area contributed by atoms with Crippen molar-refractivity contribution in [2.75, 3.05) is 11.9 Å². The molecule has 5 N–H and O–H groups in total. The van der Waals surface area contributed by atoms with Crippen LogP contribution in [0.2, 0.25) is 5.02 Å². The molecule has 0 bridgehead atoms. The van der Waals surface area contributed by atoms with E-state index in [1.807, 2.05) is 0 Å². The lowest BCUT2D eigenvalue weighted by Crippen LogP contribution is -2.34. The number of benzene rings is 1. The second-order valence-electron chi connectivity index (χ2n) is 7.38. The van der Waals surface area contributed by atoms with Crippen LogP contribution in [0.15, 0.2) is 36.0 Å². The second kappa shape index (κ2) is 9.99. The van der Waals surface area contributed by atoms with Gasteiger partial charge in [0.1, 0.15) is 24.2 Å². The Morgan fingerprint density at radius 1 is 1.37 bits per heavy atom. The molecule has 0 saturated carbocycles. The molecule has 4 atom stereocenters. The number of nitrogens with one attached hydrogen (secondary N) is 1. The van der Waals surface area contributed by atoms with Crippen molar-refractivity contribution in [1.29, 1.82) is 0 Å². The highest BCUT2D eigenvalue weighted by Crippen LogP contribution is 2.34. The molecule has 35 heavy (non-hydrogen) atoms. The van der Waals surface area contributed by atoms with Crippen LogP contribution in [0, 0.1) is 0 Å². The molecule has 4 rings (SSSR count). The summed E-state index contributed by atoms with van der Waals surface area (Å²) in [5, 5.41) is 26.8. The summed E-state index contributed by atoms with van der Waals surface area (Å²) >= 11 is 6.09. The van der Waals surface area contributed by atoms with Gasteiger partial charge in [-0.25, -0.2) is 19.7 Å². The van der Waals surface area contributed by atoms with Crippen molar-refractivity contribution >= 4 is 40.5 Å². The fourth-order valence-electron chi connectivity index (χ4n) is 3.60. The molecular weight excluding hydrogens is 486 g/mol. The van der Waals surface area contributed by atoms with Crippen molar-refractivity contribution < 1.29 is 29.3 Å². The Morgan fingerprint density at radius 3 is 2.89 bits per heavy atom. The number of carboxylic acids is 1. The summed E-state index contributed by atoms with van der Waals surface area (Å²) in [6.45, 7) is -0.134. The number of carbonyl (C=O) groups excluding carboxylic acids is 1. The number of aliphatic hydroxyl groups is 1. The largest absolute Gasteiger partial charge is 0.483 e. The summed E-state index contributed by atoms with van der Waals surface area (Å²) in [6.07, 6.45) is -1.69. The normalized spacial score (nSPS) is 21.4. The zero-order valence-electron chi connectivity index (χ0n) is 17.7. The lowest BCUT2D eigenvalue weighted by Gasteiger charge is -2.16. The summed E-state index contributed by atoms with van der Waals surface area (Å²) in [6, 6.07) is 3.50. The van der Waals surface area contributed by atoms with Crippen molar-refractivity contribution in [1.82, 2.24) is 19.5 Å². The molecule has 1 aliphatic heterocycles. The summed E-state index contributed by atoms with van der Waals surface area (Å²) in [5.41, 5.74) is 15.0. The third-order valence-electron chi connectivity index (χ3n) is 5.14. The first-order chi connectivity index (χ1) is 16.8. The van der Waals surface area contributed by atoms with Gasteiger partial charge in [-0.2, -0.15) is 0 Å². The number of primary amides is 1. The topological polar surface area (TPSA) is 223 Å². The predicted octanol–water partition coefficient (Wildman–Crippen LogP) is 0.978. The van der Waals surface area contributed by atoms with Gasteiger partial charge in [-0.15, -0.1) is 0 Å². The number of imidazole rings is 1. The first-order valence-corrected chi connectivity index (χ1v) is 10.4. The van der Waals surface area contributed by atoms with Gasteiger partial charge in [-0.3, -0.25) is 9.36 Å². The molecule has 3 aromatic rings. The zero-order valence-corrected chi connectivity index (χ0v) is 18.5. The van der Waals surface area contributed by atoms with Crippen LogP contribution >= 0.6 is 11.6 Å². The molecule has 0 radical (unpaired) electrons. The third kappa shape index (κ3) is 4.88. The Hall–Kier alpha value is -4.17. The molecule has 0 aliphatic carbocycles. The van der Waals surface area contributed by atoms with Gasteiger partial charge in [-0.1, -0.05) is 16.7 Å². The van der Waals surface area contributed by atoms with Gasteiger partial charge < -0.3 is 30.7 Å². The Morgan fingerprint density at radius 2 is 2.17 bits per heavy atom. The third-order valence-corrected chi connectivity index (χ3v) is 5.37. The van der Waals surface area contributed by atoms with Crippen LogP contribution in [-0.2, 0) is 20.9 Å². The van der Waals surface area contributed by atoms with Gasteiger partial charge in [0.15, 0.2) is 35.9 Å². The van der Waals surface area contributed by atoms with Gasteiger partial charge in [0.2, 0.25) is 0 Å². The van der Waals surface area contributed by atoms with E-state index >= 15 is 0 Å². The number of aromatic nitrogens is 4. The number of hydrogen-bond acceptors (Lipinski definition) is 10. The minimum atomic E-state index is -1.55. The van der Waals surface area contributed by atoms with Gasteiger partial charge in [0.25, 0.3) is 5.91 Å². The number of anilines is 1. The van der Waals surface area contributed by atoms with E-state index in [1.165, 1.54) is 17.2 Å². The molecule has 182 valence electrons. The van der Waals surface area contributed by atoms with E-state index in [4.69, 9.17) is 32.3 Å². The average molecular weight is 504 g/mol. The number of azide groups is 1. The summed E-state index contributed by atoms with van der Waals surface area (Å²) < 4.78 is 12.2. The number of aliphatic hydroxyl groups excluding tert-OH is 1. The minimum Gasteiger partial charge on any atom is -0.483 e. The molecule has 1 aliphatic rings. The van der Waals surface area contributed by atoms with Crippen LogP contribution in [0.1, 0.15) is 11.8 Å². The van der Waals surface area contributed by atoms with Crippen LogP contribution < -0.4 is 15.8 Å². The van der Waals surface area contributed by atoms with Crippen LogP contribution in [0.5, 0.6) is 5.75 Å². The van der Waals surface area contributed by atoms with E-state index in [1.54, 1.807) is 18.2 Å². The maximum atomic E-state index is 11.5. The van der Waals surface area contributed by atoms with Crippen molar-refractivity contribution in [3.8, 4) is 5.75 Å². The van der Waals surface area contributed by atoms with Crippen LogP contribution in [0.25, 0.3) is 21.6 Å². The van der Waals surface area contributed by atoms with Crippen LogP contribution in [0.3, 0.4) is 0 Å². The molecule has 1 saturated heterocycles. The highest BCUT2D eigenvalue weighted by atomic mass is 35.5. The lowest BCUT2D eigenvalue weighted by molar-refractivity contribution is -0.152. The number of ether oxygens (including phenoxy) is 2. The number of aliphatic carboxylic acids is 1. The van der Waals surface area contributed by atoms with Crippen molar-refractivity contribution in [3.63, 3.8) is 0 Å². The molecule has 16 heteroatoms. The minimum absolute atomic E-state index is 0.177. The fraction of sp³-hybridized carbons (Fsp3) is 0.316. The SMILES string of the molecule is [N-]=[N+]=NC1C(C(=O)O)OC(n2cnc3c(NCc4cc(Cl)ccc4OCC(N)=O)ncnc32)C1O. The number of nitrogens with two attached hydrogens (primary N) is 1. The zero-order chi connectivity index (χ0) is 25.1. The Kier molecular flexibility index (Phi) is 6.84. The Bertz CT molecular complexity index is 1330. The average Bonchev–Trinajstić information content (AvgIpc) is 3.39. The van der Waals surface area contributed by atoms with Crippen molar-refractivity contribution in [2.24, 2.45) is 10.8 Å². The van der Waals surface area contributed by atoms with Crippen molar-refractivity contribution in [2.45, 2.75) is 31.0 Å². The number of fused-ring (bicyclic) bond motifs is 1. The maximum Gasteiger partial charge on any atom is 0.333 e. The summed E-state index contributed by atoms with van der Waals surface area (Å²) in [7, 11) is 0. The smallest absolute Gasteiger partial charge is 0.333 e. The molecule has 0 spiro atoms. The van der Waals surface area contributed by atoms with Crippen molar-refractivity contribution in [3.05, 3.63) is 51.9 Å².